The van der Waals surface area contributed by atoms with E-state index in [9.17, 15) is 15.0 Å². The Kier molecular flexibility index (Phi) is 62.7. The van der Waals surface area contributed by atoms with Crippen LogP contribution in [-0.2, 0) is 4.79 Å². The number of hydrogen-bond acceptors (Lipinski definition) is 3. The van der Waals surface area contributed by atoms with E-state index in [0.717, 1.165) is 38.5 Å². The van der Waals surface area contributed by atoms with Crippen LogP contribution in [0.2, 0.25) is 0 Å². The monoisotopic (exact) mass is 1010 g/mol. The molecule has 0 aromatic rings. The number of allylic oxidation sites excluding steroid dienone is 5. The van der Waals surface area contributed by atoms with Gasteiger partial charge in [-0.3, -0.25) is 4.79 Å². The molecule has 0 rings (SSSR count). The van der Waals surface area contributed by atoms with Crippen molar-refractivity contribution in [1.82, 2.24) is 5.32 Å². The normalized spacial score (nSPS) is 12.9. The number of amides is 1. The third-order valence-electron chi connectivity index (χ3n) is 15.6. The van der Waals surface area contributed by atoms with Crippen molar-refractivity contribution >= 4 is 5.91 Å². The van der Waals surface area contributed by atoms with Crippen LogP contribution >= 0.6 is 0 Å². The number of carbonyl (C=O) groups excluding carboxylic acids is 1. The number of rotatable bonds is 62. The van der Waals surface area contributed by atoms with Crippen molar-refractivity contribution in [2.75, 3.05) is 6.61 Å². The highest BCUT2D eigenvalue weighted by atomic mass is 16.3. The number of aliphatic hydroxyl groups excluding tert-OH is 2. The Hall–Kier alpha value is -1.39. The van der Waals surface area contributed by atoms with Gasteiger partial charge in [-0.15, -0.1) is 0 Å². The first-order valence-corrected chi connectivity index (χ1v) is 33.2. The fraction of sp³-hybridized carbons (Fsp3) is 0.897. The zero-order chi connectivity index (χ0) is 52.0. The van der Waals surface area contributed by atoms with E-state index in [0.29, 0.717) is 6.42 Å². The summed E-state index contributed by atoms with van der Waals surface area (Å²) in [6.07, 6.45) is 88.0. The first-order chi connectivity index (χ1) is 35.7. The van der Waals surface area contributed by atoms with E-state index in [1.807, 2.05) is 6.08 Å². The van der Waals surface area contributed by atoms with Crippen molar-refractivity contribution in [3.05, 3.63) is 36.5 Å². The summed E-state index contributed by atoms with van der Waals surface area (Å²) in [7, 11) is 0. The van der Waals surface area contributed by atoms with Gasteiger partial charge in [0.2, 0.25) is 5.91 Å². The molecule has 0 aliphatic carbocycles. The second-order valence-electron chi connectivity index (χ2n) is 22.9. The van der Waals surface area contributed by atoms with Gasteiger partial charge in [0.05, 0.1) is 18.8 Å². The van der Waals surface area contributed by atoms with Gasteiger partial charge in [-0.2, -0.15) is 0 Å². The molecular weight excluding hydrogens is 879 g/mol. The molecule has 0 aromatic heterocycles. The zero-order valence-corrected chi connectivity index (χ0v) is 49.2. The lowest BCUT2D eigenvalue weighted by Crippen LogP contribution is -2.45. The maximum atomic E-state index is 12.5. The number of unbranched alkanes of at least 4 members (excludes halogenated alkanes) is 51. The Balaban J connectivity index is 3.42. The molecule has 72 heavy (non-hydrogen) atoms. The summed E-state index contributed by atoms with van der Waals surface area (Å²) in [6, 6.07) is -0.645. The lowest BCUT2D eigenvalue weighted by atomic mass is 10.0. The average molecular weight is 1010 g/mol. The molecule has 2 unspecified atom stereocenters. The summed E-state index contributed by atoms with van der Waals surface area (Å²) in [4.78, 5) is 12.5. The Morgan fingerprint density at radius 3 is 0.806 bits per heavy atom. The minimum Gasteiger partial charge on any atom is -0.394 e. The molecule has 2 atom stereocenters. The highest BCUT2D eigenvalue weighted by Gasteiger charge is 2.18. The predicted octanol–water partition coefficient (Wildman–Crippen LogP) is 22.4. The molecule has 0 fully saturated rings. The lowest BCUT2D eigenvalue weighted by Gasteiger charge is -2.19. The Labute approximate surface area is 452 Å². The van der Waals surface area contributed by atoms with Crippen LogP contribution in [-0.4, -0.2) is 34.9 Å². The molecule has 0 spiro atoms. The minimum atomic E-state index is -0.870. The molecule has 4 heteroatoms. The highest BCUT2D eigenvalue weighted by molar-refractivity contribution is 5.76. The molecule has 0 heterocycles. The number of carbonyl (C=O) groups is 1. The maximum Gasteiger partial charge on any atom is 0.220 e. The fourth-order valence-electron chi connectivity index (χ4n) is 10.6. The molecule has 426 valence electrons. The molecule has 0 aromatic carbocycles. The van der Waals surface area contributed by atoms with E-state index >= 15 is 0 Å². The van der Waals surface area contributed by atoms with Crippen LogP contribution in [0.4, 0.5) is 0 Å². The van der Waals surface area contributed by atoms with Crippen LogP contribution in [0.15, 0.2) is 36.5 Å². The molecule has 3 N–H and O–H groups in total. The molecule has 0 saturated carbocycles. The molecule has 0 saturated heterocycles. The van der Waals surface area contributed by atoms with Gasteiger partial charge in [0.1, 0.15) is 0 Å². The van der Waals surface area contributed by atoms with E-state index in [1.165, 1.54) is 315 Å². The van der Waals surface area contributed by atoms with Gasteiger partial charge in [-0.05, 0) is 44.9 Å². The van der Waals surface area contributed by atoms with E-state index in [4.69, 9.17) is 0 Å². The fourth-order valence-corrected chi connectivity index (χ4v) is 10.6. The molecule has 0 aliphatic rings. The van der Waals surface area contributed by atoms with Crippen LogP contribution in [0.3, 0.4) is 0 Å². The smallest absolute Gasteiger partial charge is 0.220 e. The van der Waals surface area contributed by atoms with Gasteiger partial charge in [0, 0.05) is 6.42 Å². The van der Waals surface area contributed by atoms with Crippen LogP contribution in [0, 0.1) is 0 Å². The second-order valence-corrected chi connectivity index (χ2v) is 22.9. The van der Waals surface area contributed by atoms with Crippen LogP contribution in [0.25, 0.3) is 0 Å². The summed E-state index contributed by atoms with van der Waals surface area (Å²) in [5.41, 5.74) is 0. The molecule has 1 amide bonds. The first-order valence-electron chi connectivity index (χ1n) is 33.2. The second kappa shape index (κ2) is 63.9. The molecule has 0 radical (unpaired) electrons. The zero-order valence-electron chi connectivity index (χ0n) is 49.2. The van der Waals surface area contributed by atoms with E-state index in [-0.39, 0.29) is 12.5 Å². The van der Waals surface area contributed by atoms with Crippen molar-refractivity contribution in [3.8, 4) is 0 Å². The van der Waals surface area contributed by atoms with Crippen molar-refractivity contribution in [1.29, 1.82) is 0 Å². The van der Waals surface area contributed by atoms with Gasteiger partial charge < -0.3 is 15.5 Å². The van der Waals surface area contributed by atoms with Gasteiger partial charge in [0.25, 0.3) is 0 Å². The minimum absolute atomic E-state index is 0.0704. The maximum absolute atomic E-state index is 12.5. The van der Waals surface area contributed by atoms with Crippen molar-refractivity contribution in [3.63, 3.8) is 0 Å². The van der Waals surface area contributed by atoms with Crippen LogP contribution in [0.5, 0.6) is 0 Å². The Morgan fingerprint density at radius 2 is 0.542 bits per heavy atom. The first kappa shape index (κ1) is 70.6. The third-order valence-corrected chi connectivity index (χ3v) is 15.6. The van der Waals surface area contributed by atoms with Crippen molar-refractivity contribution < 1.29 is 15.0 Å². The summed E-state index contributed by atoms with van der Waals surface area (Å²) in [5, 5.41) is 23.2. The van der Waals surface area contributed by atoms with Gasteiger partial charge in [-0.25, -0.2) is 0 Å². The van der Waals surface area contributed by atoms with Gasteiger partial charge >= 0.3 is 0 Å². The molecule has 0 bridgehead atoms. The van der Waals surface area contributed by atoms with Crippen molar-refractivity contribution in [2.24, 2.45) is 0 Å². The quantitative estimate of drug-likeness (QED) is 0.0420. The van der Waals surface area contributed by atoms with E-state index < -0.39 is 12.1 Å². The summed E-state index contributed by atoms with van der Waals surface area (Å²) >= 11 is 0. The predicted molar refractivity (Wildman–Crippen MR) is 322 cm³/mol. The largest absolute Gasteiger partial charge is 0.394 e. The molecule has 4 nitrogen and oxygen atoms in total. The number of hydrogen-bond donors (Lipinski definition) is 3. The summed E-state index contributed by atoms with van der Waals surface area (Å²) < 4.78 is 0. The Morgan fingerprint density at radius 1 is 0.319 bits per heavy atom. The van der Waals surface area contributed by atoms with Crippen LogP contribution < -0.4 is 5.32 Å². The van der Waals surface area contributed by atoms with Gasteiger partial charge in [0.15, 0.2) is 0 Å². The Bertz CT molecular complexity index is 1100. The SMILES string of the molecule is CCCCCCCCCCCCCC/C=C/CC/C=C/CC/C=C/C(O)C(CO)NC(=O)CCCCCCCCCCCCCCCCCCCCCCCCCCCCCCCCCCCCCCCC. The number of aliphatic hydroxyl groups is 2. The topological polar surface area (TPSA) is 69.6 Å². The van der Waals surface area contributed by atoms with Gasteiger partial charge in [-0.1, -0.05) is 359 Å². The molecule has 0 aliphatic heterocycles. The van der Waals surface area contributed by atoms with E-state index in [1.54, 1.807) is 6.08 Å². The van der Waals surface area contributed by atoms with Crippen molar-refractivity contribution in [2.45, 2.75) is 386 Å². The van der Waals surface area contributed by atoms with Crippen LogP contribution in [0.1, 0.15) is 373 Å². The number of nitrogens with one attached hydrogen (secondary N) is 1. The average Bonchev–Trinajstić information content (AvgIpc) is 3.39. The summed E-state index contributed by atoms with van der Waals surface area (Å²) in [6.45, 7) is 4.34. The highest BCUT2D eigenvalue weighted by Crippen LogP contribution is 2.19. The lowest BCUT2D eigenvalue weighted by molar-refractivity contribution is -0.123. The van der Waals surface area contributed by atoms with E-state index in [2.05, 4.69) is 43.5 Å². The standard InChI is InChI=1S/C68H131NO3/c1-3-5-7-9-11-13-15-17-19-21-23-25-27-28-29-30-31-32-33-34-35-36-37-38-39-40-41-42-44-46-48-50-52-54-56-58-60-62-64-68(72)69-66(65-70)67(71)63-61-59-57-55-53-51-49-47-45-43-26-24-22-20-18-16-14-12-10-8-6-4-2/h45,47,53,55,61,63,66-67,70-71H,3-44,46,48-52,54,56-60,62,64-65H2,1-2H3,(H,69,72)/b47-45+,55-53+,63-61+. The molecular formula is C68H131NO3. The third kappa shape index (κ3) is 59.5. The summed E-state index contributed by atoms with van der Waals surface area (Å²) in [5.74, 6) is -0.0704.